The van der Waals surface area contributed by atoms with E-state index in [0.717, 1.165) is 25.0 Å². The minimum absolute atomic E-state index is 0.0438. The summed E-state index contributed by atoms with van der Waals surface area (Å²) in [6.07, 6.45) is 2.41. The summed E-state index contributed by atoms with van der Waals surface area (Å²) in [6.45, 7) is 3.17. The molecule has 3 unspecified atom stereocenters. The second-order valence-electron chi connectivity index (χ2n) is 5.58. The van der Waals surface area contributed by atoms with E-state index in [0.29, 0.717) is 13.1 Å². The van der Waals surface area contributed by atoms with Crippen molar-refractivity contribution in [1.82, 2.24) is 4.90 Å². The van der Waals surface area contributed by atoms with Crippen LogP contribution in [0.25, 0.3) is 0 Å². The van der Waals surface area contributed by atoms with Crippen molar-refractivity contribution in [3.63, 3.8) is 0 Å². The Morgan fingerprint density at radius 1 is 1.30 bits per heavy atom. The van der Waals surface area contributed by atoms with E-state index in [-0.39, 0.29) is 23.6 Å². The lowest BCUT2D eigenvalue weighted by atomic mass is 10.0. The van der Waals surface area contributed by atoms with Crippen LogP contribution in [0.15, 0.2) is 18.2 Å². The first-order valence-corrected chi connectivity index (χ1v) is 6.93. The summed E-state index contributed by atoms with van der Waals surface area (Å²) in [5.74, 6) is -1.77. The maximum atomic E-state index is 13.7. The Hall–Kier alpha value is -1.33. The van der Waals surface area contributed by atoms with E-state index in [1.165, 1.54) is 6.07 Å². The van der Waals surface area contributed by atoms with Crippen molar-refractivity contribution in [2.75, 3.05) is 13.1 Å². The molecule has 3 atom stereocenters. The largest absolute Gasteiger partial charge is 0.372 e. The van der Waals surface area contributed by atoms with Gasteiger partial charge in [-0.05, 0) is 31.9 Å². The second-order valence-corrected chi connectivity index (χ2v) is 5.58. The summed E-state index contributed by atoms with van der Waals surface area (Å²) in [7, 11) is 0. The number of likely N-dealkylation sites (tertiary alicyclic amines) is 1. The lowest BCUT2D eigenvalue weighted by Crippen LogP contribution is -2.49. The molecule has 2 saturated heterocycles. The number of hydrogen-bond acceptors (Lipinski definition) is 3. The van der Waals surface area contributed by atoms with Crippen LogP contribution in [0.5, 0.6) is 0 Å². The molecule has 1 aromatic rings. The fourth-order valence-corrected chi connectivity index (χ4v) is 3.04. The molecule has 2 bridgehead atoms. The number of hydrogen-bond donors (Lipinski definition) is 0. The third-order valence-corrected chi connectivity index (χ3v) is 4.20. The van der Waals surface area contributed by atoms with Crippen molar-refractivity contribution in [3.8, 4) is 0 Å². The Morgan fingerprint density at radius 2 is 1.95 bits per heavy atom. The van der Waals surface area contributed by atoms with Gasteiger partial charge in [0.25, 0.3) is 0 Å². The molecule has 108 valence electrons. The van der Waals surface area contributed by atoms with Gasteiger partial charge < -0.3 is 4.74 Å². The molecule has 0 spiro atoms. The molecule has 5 heteroatoms. The van der Waals surface area contributed by atoms with Crippen LogP contribution in [-0.4, -0.2) is 42.0 Å². The molecule has 1 aromatic carbocycles. The predicted octanol–water partition coefficient (Wildman–Crippen LogP) is 2.40. The van der Waals surface area contributed by atoms with Crippen molar-refractivity contribution >= 4 is 5.78 Å². The van der Waals surface area contributed by atoms with Crippen molar-refractivity contribution in [1.29, 1.82) is 0 Å². The molecule has 3 rings (SSSR count). The molecule has 2 fully saturated rings. The molecular weight excluding hydrogens is 264 g/mol. The molecule has 0 amide bonds. The summed E-state index contributed by atoms with van der Waals surface area (Å²) in [5, 5.41) is 0. The normalized spacial score (nSPS) is 27.6. The number of ether oxygens (including phenoxy) is 1. The Balaban J connectivity index is 1.76. The number of ketones is 1. The number of Topliss-reactive ketones (excluding diaryl/α,β-unsaturated/α-hetero) is 1. The highest BCUT2D eigenvalue weighted by Gasteiger charge is 2.37. The van der Waals surface area contributed by atoms with Crippen LogP contribution in [0.4, 0.5) is 8.78 Å². The predicted molar refractivity (Wildman–Crippen MR) is 69.6 cm³/mol. The van der Waals surface area contributed by atoms with Crippen molar-refractivity contribution in [2.45, 2.75) is 38.0 Å². The number of rotatable bonds is 3. The van der Waals surface area contributed by atoms with E-state index in [2.05, 4.69) is 0 Å². The number of benzene rings is 1. The SMILES string of the molecule is CC(C(=O)c1ccc(F)cc1F)N1CC2CCC(C1)O2. The van der Waals surface area contributed by atoms with Crippen LogP contribution in [0.3, 0.4) is 0 Å². The molecular formula is C15H17F2NO2. The summed E-state index contributed by atoms with van der Waals surface area (Å²) in [5.41, 5.74) is -0.0438. The number of fused-ring (bicyclic) bond motifs is 2. The number of carbonyl (C=O) groups excluding carboxylic acids is 1. The zero-order chi connectivity index (χ0) is 14.3. The van der Waals surface area contributed by atoms with Gasteiger partial charge in [0, 0.05) is 19.2 Å². The average molecular weight is 281 g/mol. The van der Waals surface area contributed by atoms with Gasteiger partial charge in [0.1, 0.15) is 11.6 Å². The van der Waals surface area contributed by atoms with E-state index >= 15 is 0 Å². The highest BCUT2D eigenvalue weighted by Crippen LogP contribution is 2.28. The lowest BCUT2D eigenvalue weighted by Gasteiger charge is -2.35. The molecule has 0 radical (unpaired) electrons. The molecule has 2 aliphatic heterocycles. The minimum Gasteiger partial charge on any atom is -0.372 e. The number of carbonyl (C=O) groups is 1. The topological polar surface area (TPSA) is 29.5 Å². The first-order chi connectivity index (χ1) is 9.54. The monoisotopic (exact) mass is 281 g/mol. The van der Waals surface area contributed by atoms with E-state index in [1.54, 1.807) is 6.92 Å². The first-order valence-electron chi connectivity index (χ1n) is 6.93. The standard InChI is InChI=1S/C15H17F2NO2/c1-9(18-7-11-3-4-12(8-18)20-11)15(19)13-5-2-10(16)6-14(13)17/h2,5-6,9,11-12H,3-4,7-8H2,1H3. The maximum absolute atomic E-state index is 13.7. The molecule has 2 aliphatic rings. The van der Waals surface area contributed by atoms with Gasteiger partial charge >= 0.3 is 0 Å². The van der Waals surface area contributed by atoms with Crippen LogP contribution >= 0.6 is 0 Å². The maximum Gasteiger partial charge on any atom is 0.182 e. The van der Waals surface area contributed by atoms with Gasteiger partial charge in [-0.25, -0.2) is 8.78 Å². The quantitative estimate of drug-likeness (QED) is 0.797. The Labute approximate surface area is 116 Å². The summed E-state index contributed by atoms with van der Waals surface area (Å²) in [4.78, 5) is 14.4. The van der Waals surface area contributed by atoms with Crippen LogP contribution < -0.4 is 0 Å². The van der Waals surface area contributed by atoms with Gasteiger partial charge in [-0.1, -0.05) is 0 Å². The van der Waals surface area contributed by atoms with Crippen molar-refractivity contribution < 1.29 is 18.3 Å². The molecule has 0 N–H and O–H groups in total. The third kappa shape index (κ3) is 2.47. The number of nitrogens with zero attached hydrogens (tertiary/aromatic N) is 1. The Kier molecular flexibility index (Phi) is 3.56. The highest BCUT2D eigenvalue weighted by atomic mass is 19.1. The fraction of sp³-hybridized carbons (Fsp3) is 0.533. The van der Waals surface area contributed by atoms with Crippen LogP contribution in [0.1, 0.15) is 30.1 Å². The first kappa shape index (κ1) is 13.6. The molecule has 2 heterocycles. The second kappa shape index (κ2) is 5.22. The van der Waals surface area contributed by atoms with Gasteiger partial charge in [0.05, 0.1) is 23.8 Å². The van der Waals surface area contributed by atoms with Gasteiger partial charge in [-0.2, -0.15) is 0 Å². The number of morpholine rings is 1. The van der Waals surface area contributed by atoms with Crippen molar-refractivity contribution in [2.24, 2.45) is 0 Å². The zero-order valence-corrected chi connectivity index (χ0v) is 11.3. The van der Waals surface area contributed by atoms with Crippen molar-refractivity contribution in [3.05, 3.63) is 35.4 Å². The summed E-state index contributed by atoms with van der Waals surface area (Å²) >= 11 is 0. The van der Waals surface area contributed by atoms with E-state index in [4.69, 9.17) is 4.74 Å². The molecule has 0 saturated carbocycles. The number of halogens is 2. The summed E-state index contributed by atoms with van der Waals surface area (Å²) in [6, 6.07) is 2.68. The molecule has 0 aromatic heterocycles. The lowest BCUT2D eigenvalue weighted by molar-refractivity contribution is -0.0464. The molecule has 0 aliphatic carbocycles. The van der Waals surface area contributed by atoms with Crippen LogP contribution in [-0.2, 0) is 4.74 Å². The fourth-order valence-electron chi connectivity index (χ4n) is 3.04. The minimum atomic E-state index is -0.793. The van der Waals surface area contributed by atoms with Gasteiger partial charge in [0.2, 0.25) is 0 Å². The zero-order valence-electron chi connectivity index (χ0n) is 11.3. The van der Waals surface area contributed by atoms with E-state index in [1.807, 2.05) is 4.90 Å². The van der Waals surface area contributed by atoms with Gasteiger partial charge in [-0.3, -0.25) is 9.69 Å². The summed E-state index contributed by atoms with van der Waals surface area (Å²) < 4.78 is 32.3. The van der Waals surface area contributed by atoms with Gasteiger partial charge in [0.15, 0.2) is 5.78 Å². The van der Waals surface area contributed by atoms with Crippen LogP contribution in [0.2, 0.25) is 0 Å². The Bertz CT molecular complexity index is 523. The average Bonchev–Trinajstić information content (AvgIpc) is 2.76. The van der Waals surface area contributed by atoms with Crippen LogP contribution in [0, 0.1) is 11.6 Å². The molecule has 20 heavy (non-hydrogen) atoms. The smallest absolute Gasteiger partial charge is 0.182 e. The Morgan fingerprint density at radius 3 is 2.55 bits per heavy atom. The van der Waals surface area contributed by atoms with Gasteiger partial charge in [-0.15, -0.1) is 0 Å². The third-order valence-electron chi connectivity index (χ3n) is 4.20. The van der Waals surface area contributed by atoms with E-state index in [9.17, 15) is 13.6 Å². The highest BCUT2D eigenvalue weighted by molar-refractivity contribution is 6.00. The van der Waals surface area contributed by atoms with E-state index < -0.39 is 17.7 Å². The molecule has 3 nitrogen and oxygen atoms in total.